The van der Waals surface area contributed by atoms with E-state index in [0.29, 0.717) is 21.5 Å². The zero-order chi connectivity index (χ0) is 20.5. The molecule has 0 N–H and O–H groups in total. The van der Waals surface area contributed by atoms with E-state index in [1.165, 1.54) is 29.3 Å². The predicted octanol–water partition coefficient (Wildman–Crippen LogP) is 6.14. The third kappa shape index (κ3) is 4.82. The topological polar surface area (TPSA) is 47.9 Å². The summed E-state index contributed by atoms with van der Waals surface area (Å²) in [5.41, 5.74) is -2.06. The van der Waals surface area contributed by atoms with E-state index >= 15 is 0 Å². The minimum absolute atomic E-state index is 0.0104. The van der Waals surface area contributed by atoms with Crippen LogP contribution in [0.1, 0.15) is 21.6 Å². The molecular formula is C15H9F6N3OS3. The fourth-order valence-electron chi connectivity index (χ4n) is 2.12. The van der Waals surface area contributed by atoms with Gasteiger partial charge >= 0.3 is 12.4 Å². The van der Waals surface area contributed by atoms with Gasteiger partial charge in [0, 0.05) is 18.1 Å². The lowest BCUT2D eigenvalue weighted by Gasteiger charge is -2.13. The van der Waals surface area contributed by atoms with E-state index in [0.717, 1.165) is 23.1 Å². The molecule has 0 saturated heterocycles. The molecule has 0 aliphatic carbocycles. The maximum Gasteiger partial charge on any atom is 0.416 e. The second-order valence-corrected chi connectivity index (χ2v) is 8.29. The number of alkyl halides is 6. The number of hydrogen-bond donors (Lipinski definition) is 0. The van der Waals surface area contributed by atoms with Gasteiger partial charge < -0.3 is 4.74 Å². The summed E-state index contributed by atoms with van der Waals surface area (Å²) in [6.07, 6.45) is -9.83. The lowest BCUT2D eigenvalue weighted by atomic mass is 10.0. The first-order valence-electron chi connectivity index (χ1n) is 7.29. The van der Waals surface area contributed by atoms with Crippen LogP contribution in [0.15, 0.2) is 33.4 Å². The number of halogens is 6. The molecule has 4 nitrogen and oxygen atoms in total. The molecule has 1 unspecified atom stereocenters. The minimum atomic E-state index is -4.91. The van der Waals surface area contributed by atoms with Crippen molar-refractivity contribution in [2.75, 3.05) is 7.11 Å². The lowest BCUT2D eigenvalue weighted by Crippen LogP contribution is -2.11. The van der Waals surface area contributed by atoms with Crippen LogP contribution in [-0.2, 0) is 17.1 Å². The van der Waals surface area contributed by atoms with Crippen LogP contribution in [-0.4, -0.2) is 22.3 Å². The number of benzene rings is 1. The summed E-state index contributed by atoms with van der Waals surface area (Å²) in [4.78, 5) is 4.15. The molecule has 0 saturated carbocycles. The van der Waals surface area contributed by atoms with E-state index in [1.807, 2.05) is 0 Å². The number of hydrogen-bond acceptors (Lipinski definition) is 7. The van der Waals surface area contributed by atoms with Gasteiger partial charge in [-0.3, -0.25) is 0 Å². The highest BCUT2D eigenvalue weighted by Crippen LogP contribution is 2.41. The van der Waals surface area contributed by atoms with Crippen molar-refractivity contribution in [1.82, 2.24) is 15.2 Å². The maximum atomic E-state index is 13.0. The van der Waals surface area contributed by atoms with Gasteiger partial charge in [-0.05, 0) is 18.2 Å². The summed E-state index contributed by atoms with van der Waals surface area (Å²) >= 11 is 3.45. The van der Waals surface area contributed by atoms with Gasteiger partial charge in [-0.2, -0.15) is 26.3 Å². The van der Waals surface area contributed by atoms with Crippen LogP contribution in [0, 0.1) is 0 Å². The zero-order valence-corrected chi connectivity index (χ0v) is 16.2. The van der Waals surface area contributed by atoms with E-state index in [9.17, 15) is 26.3 Å². The van der Waals surface area contributed by atoms with Crippen molar-refractivity contribution in [2.24, 2.45) is 0 Å². The Balaban J connectivity index is 1.94. The minimum Gasteiger partial charge on any atom is -0.363 e. The summed E-state index contributed by atoms with van der Waals surface area (Å²) in [6.45, 7) is 0. The van der Waals surface area contributed by atoms with Crippen molar-refractivity contribution in [2.45, 2.75) is 22.1 Å². The molecule has 1 atom stereocenters. The Morgan fingerprint density at radius 2 is 1.64 bits per heavy atom. The summed E-state index contributed by atoms with van der Waals surface area (Å²) < 4.78 is 83.8. The van der Waals surface area contributed by atoms with Crippen molar-refractivity contribution in [3.63, 3.8) is 0 Å². The molecule has 0 spiro atoms. The van der Waals surface area contributed by atoms with Gasteiger partial charge in [-0.1, -0.05) is 11.8 Å². The van der Waals surface area contributed by atoms with Crippen LogP contribution in [0.2, 0.25) is 0 Å². The van der Waals surface area contributed by atoms with Crippen molar-refractivity contribution >= 4 is 34.4 Å². The molecule has 13 heteroatoms. The molecule has 2 heterocycles. The number of rotatable bonds is 5. The van der Waals surface area contributed by atoms with Crippen molar-refractivity contribution in [1.29, 1.82) is 0 Å². The standard InChI is InChI=1S/C15H9F6N3OS3/c1-25-12(11-24-22-6-27-11)28-13-23-10(5-26-13)7-2-8(14(16,17)18)4-9(3-7)15(19,20)21/h2-6,12H,1H3. The average molecular weight is 457 g/mol. The zero-order valence-electron chi connectivity index (χ0n) is 13.7. The van der Waals surface area contributed by atoms with Gasteiger partial charge in [0.1, 0.15) is 5.51 Å². The van der Waals surface area contributed by atoms with Gasteiger partial charge in [0.25, 0.3) is 0 Å². The maximum absolute atomic E-state index is 13.0. The van der Waals surface area contributed by atoms with Gasteiger partial charge in [0.2, 0.25) is 0 Å². The Labute approximate surface area is 166 Å². The van der Waals surface area contributed by atoms with Gasteiger partial charge in [0.15, 0.2) is 14.8 Å². The number of aromatic nitrogens is 3. The Morgan fingerprint density at radius 1 is 1.00 bits per heavy atom. The van der Waals surface area contributed by atoms with Gasteiger partial charge in [-0.25, -0.2) is 4.98 Å². The fourth-order valence-corrected chi connectivity index (χ4v) is 4.70. The highest BCUT2D eigenvalue weighted by molar-refractivity contribution is 8.01. The van der Waals surface area contributed by atoms with Crippen LogP contribution >= 0.6 is 34.4 Å². The van der Waals surface area contributed by atoms with Crippen LogP contribution in [0.4, 0.5) is 26.3 Å². The molecular weight excluding hydrogens is 448 g/mol. The van der Waals surface area contributed by atoms with E-state index < -0.39 is 28.9 Å². The van der Waals surface area contributed by atoms with Crippen molar-refractivity contribution < 1.29 is 31.1 Å². The Bertz CT molecular complexity index is 907. The highest BCUT2D eigenvalue weighted by Gasteiger charge is 2.37. The summed E-state index contributed by atoms with van der Waals surface area (Å²) in [7, 11) is 1.44. The lowest BCUT2D eigenvalue weighted by molar-refractivity contribution is -0.143. The molecule has 0 aliphatic rings. The molecule has 2 aromatic heterocycles. The molecule has 0 amide bonds. The Kier molecular flexibility index (Phi) is 5.98. The van der Waals surface area contributed by atoms with Gasteiger partial charge in [-0.15, -0.1) is 32.9 Å². The second kappa shape index (κ2) is 7.97. The summed E-state index contributed by atoms with van der Waals surface area (Å²) in [5.74, 6) is 0. The summed E-state index contributed by atoms with van der Waals surface area (Å²) in [6, 6.07) is 1.39. The van der Waals surface area contributed by atoms with Crippen LogP contribution in [0.25, 0.3) is 11.3 Å². The molecule has 0 radical (unpaired) electrons. The molecule has 1 aromatic carbocycles. The quantitative estimate of drug-likeness (QED) is 0.262. The van der Waals surface area contributed by atoms with E-state index in [2.05, 4.69) is 15.2 Å². The number of methoxy groups -OCH3 is 1. The third-order valence-electron chi connectivity index (χ3n) is 3.37. The second-order valence-electron chi connectivity index (χ2n) is 5.26. The normalized spacial score (nSPS) is 13.7. The molecule has 0 fully saturated rings. The number of thioether (sulfide) groups is 1. The predicted molar refractivity (Wildman–Crippen MR) is 93.1 cm³/mol. The summed E-state index contributed by atoms with van der Waals surface area (Å²) in [5, 5.41) is 9.52. The van der Waals surface area contributed by atoms with Crippen LogP contribution in [0.5, 0.6) is 0 Å². The highest BCUT2D eigenvalue weighted by atomic mass is 32.2. The van der Waals surface area contributed by atoms with Crippen LogP contribution < -0.4 is 0 Å². The number of thiazole rings is 1. The molecule has 150 valence electrons. The van der Waals surface area contributed by atoms with E-state index in [1.54, 1.807) is 0 Å². The van der Waals surface area contributed by atoms with E-state index in [4.69, 9.17) is 4.74 Å². The van der Waals surface area contributed by atoms with Crippen LogP contribution in [0.3, 0.4) is 0 Å². The smallest absolute Gasteiger partial charge is 0.363 e. The first-order valence-corrected chi connectivity index (χ1v) is 9.92. The van der Waals surface area contributed by atoms with Gasteiger partial charge in [0.05, 0.1) is 16.8 Å². The SMILES string of the molecule is COC(Sc1nc(-c2cc(C(F)(F)F)cc(C(F)(F)F)c2)cs1)c1nncs1. The van der Waals surface area contributed by atoms with Crippen molar-refractivity contribution in [3.8, 4) is 11.3 Å². The third-order valence-corrected chi connectivity index (χ3v) is 6.39. The fraction of sp³-hybridized carbons (Fsp3) is 0.267. The first-order chi connectivity index (χ1) is 13.1. The molecule has 0 bridgehead atoms. The Hall–Kier alpha value is -1.70. The van der Waals surface area contributed by atoms with E-state index in [-0.39, 0.29) is 17.3 Å². The largest absolute Gasteiger partial charge is 0.416 e. The average Bonchev–Trinajstić information content (AvgIpc) is 3.29. The molecule has 0 aliphatic heterocycles. The molecule has 3 aromatic rings. The molecule has 3 rings (SSSR count). The number of nitrogens with zero attached hydrogens (tertiary/aromatic N) is 3. The van der Waals surface area contributed by atoms with Crippen molar-refractivity contribution in [3.05, 3.63) is 45.2 Å². The first kappa shape index (κ1) is 21.0. The Morgan fingerprint density at radius 3 is 2.14 bits per heavy atom. The monoisotopic (exact) mass is 457 g/mol. The molecule has 28 heavy (non-hydrogen) atoms. The number of ether oxygens (including phenoxy) is 1.